The van der Waals surface area contributed by atoms with E-state index < -0.39 is 4.92 Å². The van der Waals surface area contributed by atoms with Crippen LogP contribution in [0.4, 0.5) is 11.4 Å². The lowest BCUT2D eigenvalue weighted by Gasteiger charge is -2.22. The van der Waals surface area contributed by atoms with E-state index in [1.54, 1.807) is 68.5 Å². The smallest absolute Gasteiger partial charge is 0.269 e. The molecule has 1 aliphatic heterocycles. The first kappa shape index (κ1) is 23.1. The van der Waals surface area contributed by atoms with Crippen LogP contribution in [0.25, 0.3) is 11.8 Å². The van der Waals surface area contributed by atoms with Crippen molar-refractivity contribution >= 4 is 40.7 Å². The second kappa shape index (κ2) is 9.41. The van der Waals surface area contributed by atoms with Crippen molar-refractivity contribution in [3.05, 3.63) is 104 Å². The molecule has 0 N–H and O–H groups in total. The normalized spacial score (nSPS) is 14.4. The monoisotopic (exact) mass is 476 g/mol. The molecule has 3 aromatic rings. The van der Waals surface area contributed by atoms with Gasteiger partial charge in [0.2, 0.25) is 0 Å². The summed E-state index contributed by atoms with van der Waals surface area (Å²) >= 11 is 6.06. The average molecular weight is 477 g/mol. The van der Waals surface area contributed by atoms with Crippen LogP contribution in [0.5, 0.6) is 11.5 Å². The van der Waals surface area contributed by atoms with Crippen LogP contribution in [-0.2, 0) is 4.79 Å². The summed E-state index contributed by atoms with van der Waals surface area (Å²) in [5.41, 5.74) is 3.77. The lowest BCUT2D eigenvalue weighted by molar-refractivity contribution is -0.384. The molecule has 0 unspecified atom stereocenters. The van der Waals surface area contributed by atoms with Gasteiger partial charge < -0.3 is 9.47 Å². The number of amides is 1. The first-order chi connectivity index (χ1) is 16.3. The van der Waals surface area contributed by atoms with Crippen LogP contribution in [0.1, 0.15) is 16.7 Å². The van der Waals surface area contributed by atoms with E-state index in [0.717, 1.165) is 11.1 Å². The summed E-state index contributed by atoms with van der Waals surface area (Å²) < 4.78 is 10.7. The molecule has 0 aromatic heterocycles. The minimum atomic E-state index is -0.457. The van der Waals surface area contributed by atoms with Crippen LogP contribution in [0.3, 0.4) is 0 Å². The zero-order valence-electron chi connectivity index (χ0n) is 18.7. The van der Waals surface area contributed by atoms with Crippen LogP contribution in [0.15, 0.2) is 72.3 Å². The second-order valence-electron chi connectivity index (χ2n) is 7.62. The van der Waals surface area contributed by atoms with Gasteiger partial charge in [-0.1, -0.05) is 29.8 Å². The van der Waals surface area contributed by atoms with E-state index in [1.165, 1.54) is 12.1 Å². The van der Waals surface area contributed by atoms with Gasteiger partial charge in [0.25, 0.3) is 11.6 Å². The van der Waals surface area contributed by atoms with Gasteiger partial charge in [0, 0.05) is 22.7 Å². The number of hydrogen-bond acceptors (Lipinski definition) is 5. The fourth-order valence-corrected chi connectivity index (χ4v) is 3.94. The molecule has 34 heavy (non-hydrogen) atoms. The Morgan fingerprint density at radius 3 is 2.29 bits per heavy atom. The molecule has 0 aliphatic carbocycles. The van der Waals surface area contributed by atoms with Crippen LogP contribution >= 0.6 is 11.6 Å². The van der Waals surface area contributed by atoms with Crippen molar-refractivity contribution in [1.82, 2.24) is 0 Å². The van der Waals surface area contributed by atoms with Gasteiger partial charge in [-0.15, -0.1) is 0 Å². The molecule has 1 aliphatic rings. The Morgan fingerprint density at radius 2 is 1.68 bits per heavy atom. The number of nitro benzene ring substituents is 1. The van der Waals surface area contributed by atoms with Gasteiger partial charge in [-0.2, -0.15) is 0 Å². The quantitative estimate of drug-likeness (QED) is 0.246. The number of hydrogen-bond donors (Lipinski definition) is 0. The molecule has 172 valence electrons. The number of benzene rings is 3. The van der Waals surface area contributed by atoms with Gasteiger partial charge in [0.05, 0.1) is 30.5 Å². The van der Waals surface area contributed by atoms with E-state index in [9.17, 15) is 14.9 Å². The average Bonchev–Trinajstić information content (AvgIpc) is 3.14. The molecule has 0 fully saturated rings. The fourth-order valence-electron chi connectivity index (χ4n) is 3.81. The summed E-state index contributed by atoms with van der Waals surface area (Å²) in [7, 11) is 3.11. The van der Waals surface area contributed by atoms with E-state index in [1.807, 2.05) is 18.2 Å². The fraction of sp³-hybridized carbons (Fsp3) is 0.115. The summed E-state index contributed by atoms with van der Waals surface area (Å²) in [6.45, 7) is 1.74. The van der Waals surface area contributed by atoms with E-state index in [2.05, 4.69) is 0 Å². The molecule has 1 amide bonds. The molecule has 4 rings (SSSR count). The molecular weight excluding hydrogens is 456 g/mol. The number of aryl methyl sites for hydroxylation is 1. The number of carbonyl (C=O) groups excluding carboxylic acids is 1. The Balaban J connectivity index is 1.83. The third-order valence-corrected chi connectivity index (χ3v) is 5.74. The van der Waals surface area contributed by atoms with Crippen molar-refractivity contribution in [3.63, 3.8) is 0 Å². The third-order valence-electron chi connectivity index (χ3n) is 5.49. The number of non-ortho nitro benzene ring substituents is 1. The largest absolute Gasteiger partial charge is 0.493 e. The number of nitro groups is 1. The molecule has 0 radical (unpaired) electrons. The van der Waals surface area contributed by atoms with E-state index in [0.29, 0.717) is 39.0 Å². The molecule has 1 heterocycles. The van der Waals surface area contributed by atoms with Crippen LogP contribution < -0.4 is 14.4 Å². The number of rotatable bonds is 6. The highest BCUT2D eigenvalue weighted by Gasteiger charge is 2.32. The molecule has 0 saturated carbocycles. The van der Waals surface area contributed by atoms with Crippen LogP contribution in [-0.4, -0.2) is 25.1 Å². The minimum absolute atomic E-state index is 0.0361. The summed E-state index contributed by atoms with van der Waals surface area (Å²) in [6.07, 6.45) is 3.56. The van der Waals surface area contributed by atoms with Gasteiger partial charge in [0.15, 0.2) is 11.5 Å². The first-order valence-corrected chi connectivity index (χ1v) is 10.7. The molecule has 0 bridgehead atoms. The maximum Gasteiger partial charge on any atom is 0.269 e. The predicted molar refractivity (Wildman–Crippen MR) is 132 cm³/mol. The third kappa shape index (κ3) is 4.38. The van der Waals surface area contributed by atoms with Gasteiger partial charge in [0.1, 0.15) is 0 Å². The van der Waals surface area contributed by atoms with Gasteiger partial charge in [-0.25, -0.2) is 0 Å². The zero-order valence-corrected chi connectivity index (χ0v) is 19.5. The van der Waals surface area contributed by atoms with Crippen molar-refractivity contribution in [2.45, 2.75) is 6.92 Å². The van der Waals surface area contributed by atoms with Gasteiger partial charge >= 0.3 is 0 Å². The van der Waals surface area contributed by atoms with Crippen molar-refractivity contribution in [2.24, 2.45) is 0 Å². The number of carbonyl (C=O) groups is 1. The molecule has 0 atom stereocenters. The Kier molecular flexibility index (Phi) is 6.38. The number of ether oxygens (including phenoxy) is 2. The maximum absolute atomic E-state index is 13.6. The summed E-state index contributed by atoms with van der Waals surface area (Å²) in [4.78, 5) is 25.9. The number of halogens is 1. The van der Waals surface area contributed by atoms with E-state index in [4.69, 9.17) is 21.1 Å². The van der Waals surface area contributed by atoms with Crippen molar-refractivity contribution in [3.8, 4) is 11.5 Å². The Morgan fingerprint density at radius 1 is 0.971 bits per heavy atom. The predicted octanol–water partition coefficient (Wildman–Crippen LogP) is 6.05. The molecule has 7 nitrogen and oxygen atoms in total. The highest BCUT2D eigenvalue weighted by Crippen LogP contribution is 2.38. The first-order valence-electron chi connectivity index (χ1n) is 10.3. The van der Waals surface area contributed by atoms with Crippen molar-refractivity contribution in [1.29, 1.82) is 0 Å². The Bertz CT molecular complexity index is 1350. The summed E-state index contributed by atoms with van der Waals surface area (Å²) in [5, 5.41) is 11.8. The van der Waals surface area contributed by atoms with E-state index in [-0.39, 0.29) is 11.6 Å². The molecule has 0 spiro atoms. The standard InChI is InChI=1S/C26H21ClN2O5/c1-16-12-21(29(31)32)9-10-22(16)28-23(18-5-7-20(27)8-6-18)15-19(26(28)30)13-17-4-11-24(33-2)25(14-17)34-3/h4-15H,1-3H3/b19-13+. The second-order valence-corrected chi connectivity index (χ2v) is 8.06. The molecular formula is C26H21ClN2O5. The SMILES string of the molecule is COc1ccc(/C=C2\C=C(c3ccc(Cl)cc3)N(c3ccc([N+](=O)[O-])cc3C)C2=O)cc1OC. The zero-order chi connectivity index (χ0) is 24.4. The van der Waals surface area contributed by atoms with Gasteiger partial charge in [-0.05, 0) is 66.1 Å². The highest BCUT2D eigenvalue weighted by molar-refractivity contribution is 6.30. The maximum atomic E-state index is 13.6. The lowest BCUT2D eigenvalue weighted by atomic mass is 10.1. The Labute approximate surface area is 201 Å². The van der Waals surface area contributed by atoms with Crippen molar-refractivity contribution in [2.75, 3.05) is 19.1 Å². The summed E-state index contributed by atoms with van der Waals surface area (Å²) in [6, 6.07) is 17.0. The highest BCUT2D eigenvalue weighted by atomic mass is 35.5. The number of methoxy groups -OCH3 is 2. The van der Waals surface area contributed by atoms with Crippen LogP contribution in [0.2, 0.25) is 5.02 Å². The molecule has 3 aromatic carbocycles. The molecule has 0 saturated heterocycles. The lowest BCUT2D eigenvalue weighted by Crippen LogP contribution is -2.25. The minimum Gasteiger partial charge on any atom is -0.493 e. The summed E-state index contributed by atoms with van der Waals surface area (Å²) in [5.74, 6) is 0.881. The van der Waals surface area contributed by atoms with Gasteiger partial charge in [-0.3, -0.25) is 19.8 Å². The van der Waals surface area contributed by atoms with Crippen LogP contribution in [0, 0.1) is 17.0 Å². The number of anilines is 1. The Hall–Kier alpha value is -4.10. The number of nitrogens with zero attached hydrogens (tertiary/aromatic N) is 2. The van der Waals surface area contributed by atoms with Crippen molar-refractivity contribution < 1.29 is 19.2 Å². The topological polar surface area (TPSA) is 81.9 Å². The van der Waals surface area contributed by atoms with E-state index >= 15 is 0 Å². The molecule has 8 heteroatoms.